The van der Waals surface area contributed by atoms with E-state index in [4.69, 9.17) is 4.42 Å². The quantitative estimate of drug-likeness (QED) is 0.940. The second-order valence-electron chi connectivity index (χ2n) is 4.26. The van der Waals surface area contributed by atoms with Crippen LogP contribution >= 0.6 is 27.3 Å². The second-order valence-corrected chi connectivity index (χ2v) is 5.98. The number of halogens is 1. The molecule has 0 spiro atoms. The maximum Gasteiger partial charge on any atom is 0.169 e. The van der Waals surface area contributed by atoms with Gasteiger partial charge in [0.25, 0.3) is 0 Å². The van der Waals surface area contributed by atoms with Crippen molar-refractivity contribution in [2.45, 2.75) is 6.54 Å². The van der Waals surface area contributed by atoms with Crippen molar-refractivity contribution in [1.29, 1.82) is 0 Å². The number of hydrogen-bond acceptors (Lipinski definition) is 5. The first kappa shape index (κ1) is 12.3. The highest BCUT2D eigenvalue weighted by molar-refractivity contribution is 9.10. The topological polar surface area (TPSA) is 41.3 Å². The Balaban J connectivity index is 1.69. The Hall–Kier alpha value is -0.690. The zero-order valence-electron chi connectivity index (χ0n) is 9.86. The summed E-state index contributed by atoms with van der Waals surface area (Å²) in [7, 11) is 0. The van der Waals surface area contributed by atoms with Gasteiger partial charge in [0.1, 0.15) is 10.7 Å². The molecule has 0 aliphatic carbocycles. The van der Waals surface area contributed by atoms with Crippen molar-refractivity contribution in [2.75, 3.05) is 26.2 Å². The van der Waals surface area contributed by atoms with E-state index in [-0.39, 0.29) is 0 Å². The minimum absolute atomic E-state index is 0.745. The molecule has 0 radical (unpaired) electrons. The van der Waals surface area contributed by atoms with E-state index in [1.165, 1.54) is 0 Å². The lowest BCUT2D eigenvalue weighted by Crippen LogP contribution is -2.42. The molecule has 2 aromatic rings. The van der Waals surface area contributed by atoms with Gasteiger partial charge < -0.3 is 9.73 Å². The third kappa shape index (κ3) is 2.83. The van der Waals surface area contributed by atoms with Gasteiger partial charge in [-0.25, -0.2) is 4.98 Å². The smallest absolute Gasteiger partial charge is 0.169 e. The fraction of sp³-hybridized carbons (Fsp3) is 0.417. The van der Waals surface area contributed by atoms with E-state index in [9.17, 15) is 0 Å². The molecule has 0 aromatic carbocycles. The highest BCUT2D eigenvalue weighted by Gasteiger charge is 2.13. The summed E-state index contributed by atoms with van der Waals surface area (Å²) in [5.41, 5.74) is 0.927. The summed E-state index contributed by atoms with van der Waals surface area (Å²) in [5.74, 6) is 0.824. The van der Waals surface area contributed by atoms with Gasteiger partial charge in [0.05, 0.1) is 6.54 Å². The van der Waals surface area contributed by atoms with Crippen LogP contribution in [0, 0.1) is 0 Å². The van der Waals surface area contributed by atoms with E-state index in [1.807, 2.05) is 12.1 Å². The number of furan rings is 1. The number of nitrogens with one attached hydrogen (secondary N) is 1. The largest absolute Gasteiger partial charge is 0.448 e. The van der Waals surface area contributed by atoms with Crippen LogP contribution in [-0.2, 0) is 6.54 Å². The van der Waals surface area contributed by atoms with Gasteiger partial charge in [0.2, 0.25) is 0 Å². The molecule has 96 valence electrons. The Kier molecular flexibility index (Phi) is 3.79. The van der Waals surface area contributed by atoms with Crippen molar-refractivity contribution in [1.82, 2.24) is 15.2 Å². The zero-order valence-corrected chi connectivity index (χ0v) is 12.3. The summed E-state index contributed by atoms with van der Waals surface area (Å²) < 4.78 is 6.25. The zero-order chi connectivity index (χ0) is 12.4. The van der Waals surface area contributed by atoms with Gasteiger partial charge in [-0.2, -0.15) is 0 Å². The molecule has 3 heterocycles. The van der Waals surface area contributed by atoms with Crippen molar-refractivity contribution in [3.8, 4) is 11.5 Å². The summed E-state index contributed by atoms with van der Waals surface area (Å²) >= 11 is 5.01. The van der Waals surface area contributed by atoms with Crippen LogP contribution < -0.4 is 5.32 Å². The fourth-order valence-corrected chi connectivity index (χ4v) is 3.14. The normalized spacial score (nSPS) is 17.2. The fourth-order valence-electron chi connectivity index (χ4n) is 2.01. The summed E-state index contributed by atoms with van der Waals surface area (Å²) in [5, 5.41) is 6.57. The van der Waals surface area contributed by atoms with E-state index in [0.29, 0.717) is 0 Å². The third-order valence-electron chi connectivity index (χ3n) is 2.95. The Morgan fingerprint density at radius 1 is 1.39 bits per heavy atom. The van der Waals surface area contributed by atoms with Gasteiger partial charge in [0, 0.05) is 31.6 Å². The molecule has 1 fully saturated rings. The molecule has 0 unspecified atom stereocenters. The molecule has 1 aliphatic rings. The van der Waals surface area contributed by atoms with Crippen molar-refractivity contribution >= 4 is 27.3 Å². The minimum Gasteiger partial charge on any atom is -0.448 e. The molecule has 1 saturated heterocycles. The lowest BCUT2D eigenvalue weighted by atomic mass is 10.3. The molecular weight excluding hydrogens is 314 g/mol. The number of rotatable bonds is 3. The maximum atomic E-state index is 5.51. The lowest BCUT2D eigenvalue weighted by molar-refractivity contribution is 0.233. The minimum atomic E-state index is 0.745. The first-order valence-electron chi connectivity index (χ1n) is 5.94. The average molecular weight is 328 g/mol. The van der Waals surface area contributed by atoms with E-state index < -0.39 is 0 Å². The molecule has 1 aliphatic heterocycles. The molecule has 0 bridgehead atoms. The predicted octanol–water partition coefficient (Wildman–Crippen LogP) is 2.57. The maximum absolute atomic E-state index is 5.51. The molecule has 18 heavy (non-hydrogen) atoms. The number of thiazole rings is 1. The first-order valence-corrected chi connectivity index (χ1v) is 7.62. The average Bonchev–Trinajstić information content (AvgIpc) is 2.99. The molecule has 0 amide bonds. The van der Waals surface area contributed by atoms with Gasteiger partial charge in [-0.15, -0.1) is 11.3 Å². The van der Waals surface area contributed by atoms with Gasteiger partial charge in [-0.3, -0.25) is 4.90 Å². The molecule has 4 nitrogen and oxygen atoms in total. The molecule has 1 N–H and O–H groups in total. The summed E-state index contributed by atoms with van der Waals surface area (Å²) in [4.78, 5) is 7.06. The van der Waals surface area contributed by atoms with Gasteiger partial charge in [-0.1, -0.05) is 0 Å². The first-order chi connectivity index (χ1) is 8.81. The molecule has 2 aromatic heterocycles. The van der Waals surface area contributed by atoms with Crippen molar-refractivity contribution in [2.24, 2.45) is 0 Å². The van der Waals surface area contributed by atoms with Crippen molar-refractivity contribution < 1.29 is 4.42 Å². The number of nitrogens with zero attached hydrogens (tertiary/aromatic N) is 2. The Morgan fingerprint density at radius 2 is 2.22 bits per heavy atom. The van der Waals surface area contributed by atoms with Crippen LogP contribution in [0.25, 0.3) is 11.5 Å². The van der Waals surface area contributed by atoms with Gasteiger partial charge >= 0.3 is 0 Å². The monoisotopic (exact) mass is 327 g/mol. The van der Waals surface area contributed by atoms with Crippen LogP contribution in [0.5, 0.6) is 0 Å². The Labute approximate surface area is 118 Å². The number of aromatic nitrogens is 1. The van der Waals surface area contributed by atoms with Crippen LogP contribution in [0.3, 0.4) is 0 Å². The highest BCUT2D eigenvalue weighted by atomic mass is 79.9. The SMILES string of the molecule is Brc1ccc(-c2csc(CN3CCNCC3)n2)o1. The van der Waals surface area contributed by atoms with E-state index in [2.05, 4.69) is 36.5 Å². The van der Waals surface area contributed by atoms with Crippen LogP contribution in [-0.4, -0.2) is 36.1 Å². The van der Waals surface area contributed by atoms with Gasteiger partial charge in [0.15, 0.2) is 10.4 Å². The Bertz CT molecular complexity index is 519. The number of hydrogen-bond donors (Lipinski definition) is 1. The second kappa shape index (κ2) is 5.52. The van der Waals surface area contributed by atoms with Crippen molar-refractivity contribution in [3.05, 3.63) is 27.2 Å². The molecular formula is C12H14BrN3OS. The van der Waals surface area contributed by atoms with E-state index >= 15 is 0 Å². The lowest BCUT2D eigenvalue weighted by Gasteiger charge is -2.26. The van der Waals surface area contributed by atoms with Crippen LogP contribution in [0.15, 0.2) is 26.6 Å². The Morgan fingerprint density at radius 3 is 2.94 bits per heavy atom. The van der Waals surface area contributed by atoms with Crippen molar-refractivity contribution in [3.63, 3.8) is 0 Å². The standard InChI is InChI=1S/C12H14BrN3OS/c13-11-2-1-10(17-11)9-8-18-12(15-9)7-16-5-3-14-4-6-16/h1-2,8,14H,3-7H2. The van der Waals surface area contributed by atoms with Crippen LogP contribution in [0.4, 0.5) is 0 Å². The van der Waals surface area contributed by atoms with Crippen LogP contribution in [0.1, 0.15) is 5.01 Å². The highest BCUT2D eigenvalue weighted by Crippen LogP contribution is 2.26. The third-order valence-corrected chi connectivity index (χ3v) is 4.21. The predicted molar refractivity (Wildman–Crippen MR) is 75.7 cm³/mol. The molecule has 0 saturated carbocycles. The summed E-state index contributed by atoms with van der Waals surface area (Å²) in [6.45, 7) is 5.28. The van der Waals surface area contributed by atoms with E-state index in [1.54, 1.807) is 11.3 Å². The molecule has 3 rings (SSSR count). The molecule has 0 atom stereocenters. The molecule has 6 heteroatoms. The van der Waals surface area contributed by atoms with Crippen LogP contribution in [0.2, 0.25) is 0 Å². The summed E-state index contributed by atoms with van der Waals surface area (Å²) in [6, 6.07) is 3.83. The van der Waals surface area contributed by atoms with Gasteiger partial charge in [-0.05, 0) is 28.1 Å². The summed E-state index contributed by atoms with van der Waals surface area (Å²) in [6.07, 6.45) is 0. The van der Waals surface area contributed by atoms with E-state index in [0.717, 1.165) is 53.9 Å². The number of piperazine rings is 1.